The van der Waals surface area contributed by atoms with Crippen LogP contribution in [0.4, 0.5) is 14.6 Å². The molecular formula is C62H74F2N10O6. The SMILES string of the molecule is C#Cc1c(F)ccc2cc(O)cc(-c3ncc4c(N5CC6CCC(C5)N6)nc(OC5CCN(CCCCCCCCC(=O)N[C@H](C(=O)N6C[C@H](O)C[C@H]6C(=O)NCc6ccc(C7=C(C)N=CC7)cc6)C(C)(C)C)CC5)nc4c3F)c12. The highest BCUT2D eigenvalue weighted by atomic mass is 19.1. The van der Waals surface area contributed by atoms with E-state index in [-0.39, 0.29) is 101 Å². The topological polar surface area (TPSA) is 198 Å². The molecule has 5 atom stereocenters. The van der Waals surface area contributed by atoms with Crippen LogP contribution in [0.1, 0.15) is 128 Å². The zero-order valence-electron chi connectivity index (χ0n) is 46.4. The first-order valence-electron chi connectivity index (χ1n) is 28.6. The van der Waals surface area contributed by atoms with Crippen LogP contribution >= 0.6 is 0 Å². The smallest absolute Gasteiger partial charge is 0.319 e. The fourth-order valence-electron chi connectivity index (χ4n) is 12.3. The number of fused-ring (bicyclic) bond motifs is 4. The fourth-order valence-corrected chi connectivity index (χ4v) is 12.3. The number of phenolic OH excluding ortho intramolecular Hbond substituents is 1. The highest BCUT2D eigenvalue weighted by Crippen LogP contribution is 2.40. The minimum atomic E-state index is -0.871. The number of piperazine rings is 1. The Balaban J connectivity index is 0.674. The van der Waals surface area contributed by atoms with Gasteiger partial charge in [0.05, 0.1) is 17.1 Å². The van der Waals surface area contributed by atoms with E-state index in [1.807, 2.05) is 58.2 Å². The Morgan fingerprint density at radius 1 is 0.938 bits per heavy atom. The number of phenols is 1. The summed E-state index contributed by atoms with van der Waals surface area (Å²) in [5.41, 5.74) is 3.56. The number of β-amino-alcohol motifs (C(OH)–C–C–N with tert-alkyl or cyclic N) is 1. The third-order valence-corrected chi connectivity index (χ3v) is 16.6. The molecule has 0 aliphatic carbocycles. The molecule has 2 bridgehead atoms. The molecule has 80 heavy (non-hydrogen) atoms. The number of halogens is 2. The van der Waals surface area contributed by atoms with Crippen molar-refractivity contribution >= 4 is 57.0 Å². The molecule has 422 valence electrons. The second-order valence-electron chi connectivity index (χ2n) is 23.5. The van der Waals surface area contributed by atoms with Crippen LogP contribution in [0, 0.1) is 29.4 Å². The van der Waals surface area contributed by atoms with E-state index in [4.69, 9.17) is 16.1 Å². The number of aromatic nitrogens is 3. The van der Waals surface area contributed by atoms with Crippen LogP contribution in [0.25, 0.3) is 38.5 Å². The summed E-state index contributed by atoms with van der Waals surface area (Å²) in [6.45, 7) is 12.0. The molecule has 0 spiro atoms. The lowest BCUT2D eigenvalue weighted by Gasteiger charge is -2.35. The van der Waals surface area contributed by atoms with E-state index < -0.39 is 35.2 Å². The first kappa shape index (κ1) is 56.2. The Hall–Kier alpha value is -7.07. The molecule has 5 N–H and O–H groups in total. The van der Waals surface area contributed by atoms with Gasteiger partial charge in [0.1, 0.15) is 46.8 Å². The molecule has 4 fully saturated rings. The molecule has 2 unspecified atom stereocenters. The molecule has 5 aliphatic heterocycles. The molecule has 2 aromatic heterocycles. The van der Waals surface area contributed by atoms with Crippen LogP contribution in [-0.2, 0) is 20.9 Å². The summed E-state index contributed by atoms with van der Waals surface area (Å²) in [6, 6.07) is 12.4. The van der Waals surface area contributed by atoms with Crippen molar-refractivity contribution in [1.29, 1.82) is 0 Å². The van der Waals surface area contributed by atoms with Crippen molar-refractivity contribution in [2.45, 2.75) is 154 Å². The molecule has 5 aliphatic rings. The number of aliphatic hydroxyl groups excluding tert-OH is 1. The minimum absolute atomic E-state index is 0.0198. The lowest BCUT2D eigenvalue weighted by molar-refractivity contribution is -0.144. The number of anilines is 1. The van der Waals surface area contributed by atoms with E-state index in [1.165, 1.54) is 34.7 Å². The van der Waals surface area contributed by atoms with Gasteiger partial charge in [-0.25, -0.2) is 8.78 Å². The van der Waals surface area contributed by atoms with E-state index in [0.29, 0.717) is 36.1 Å². The summed E-state index contributed by atoms with van der Waals surface area (Å²) >= 11 is 0. The zero-order valence-corrected chi connectivity index (χ0v) is 46.4. The first-order chi connectivity index (χ1) is 38.5. The summed E-state index contributed by atoms with van der Waals surface area (Å²) in [7, 11) is 0. The van der Waals surface area contributed by atoms with Gasteiger partial charge in [-0.05, 0) is 97.7 Å². The number of terminal acetylenes is 1. The average molecular weight is 1090 g/mol. The van der Waals surface area contributed by atoms with Gasteiger partial charge >= 0.3 is 6.01 Å². The zero-order chi connectivity index (χ0) is 56.2. The highest BCUT2D eigenvalue weighted by molar-refractivity contribution is 6.03. The number of benzene rings is 3. The van der Waals surface area contributed by atoms with Gasteiger partial charge in [-0.15, -0.1) is 6.42 Å². The molecule has 3 aromatic carbocycles. The Bertz CT molecular complexity index is 3230. The Labute approximate surface area is 466 Å². The largest absolute Gasteiger partial charge is 0.508 e. The maximum Gasteiger partial charge on any atom is 0.319 e. The van der Waals surface area contributed by atoms with Crippen LogP contribution < -0.4 is 25.6 Å². The van der Waals surface area contributed by atoms with E-state index in [0.717, 1.165) is 101 Å². The number of nitrogens with zero attached hydrogens (tertiary/aromatic N) is 7. The van der Waals surface area contributed by atoms with Crippen molar-refractivity contribution in [3.8, 4) is 35.4 Å². The minimum Gasteiger partial charge on any atom is -0.508 e. The van der Waals surface area contributed by atoms with Crippen LogP contribution in [0.3, 0.4) is 0 Å². The maximum absolute atomic E-state index is 17.1. The van der Waals surface area contributed by atoms with Gasteiger partial charge in [0.15, 0.2) is 5.82 Å². The number of likely N-dealkylation sites (tertiary alicyclic amines) is 2. The summed E-state index contributed by atoms with van der Waals surface area (Å²) < 4.78 is 38.6. The third kappa shape index (κ3) is 12.6. The molecule has 0 saturated carbocycles. The quantitative estimate of drug-likeness (QED) is 0.0392. The number of aliphatic hydroxyl groups is 1. The van der Waals surface area contributed by atoms with Crippen LogP contribution in [0.5, 0.6) is 11.8 Å². The number of allylic oxidation sites excluding steroid dienone is 2. The van der Waals surface area contributed by atoms with Crippen molar-refractivity contribution < 1.29 is 38.1 Å². The number of piperidine rings is 1. The molecule has 3 amide bonds. The second kappa shape index (κ2) is 24.3. The van der Waals surface area contributed by atoms with Gasteiger partial charge in [-0.1, -0.05) is 82.7 Å². The number of aromatic hydroxyl groups is 1. The number of ether oxygens (including phenoxy) is 1. The Kier molecular flexibility index (Phi) is 17.1. The predicted molar refractivity (Wildman–Crippen MR) is 306 cm³/mol. The second-order valence-corrected chi connectivity index (χ2v) is 23.5. The molecule has 7 heterocycles. The van der Waals surface area contributed by atoms with Crippen LogP contribution in [0.2, 0.25) is 0 Å². The molecule has 10 rings (SSSR count). The molecular weight excluding hydrogens is 1020 g/mol. The van der Waals surface area contributed by atoms with Crippen molar-refractivity contribution in [3.63, 3.8) is 0 Å². The number of aliphatic imine (C=N–C) groups is 1. The monoisotopic (exact) mass is 1090 g/mol. The van der Waals surface area contributed by atoms with E-state index >= 15 is 8.78 Å². The Morgan fingerprint density at radius 3 is 2.36 bits per heavy atom. The van der Waals surface area contributed by atoms with Gasteiger partial charge in [0, 0.05) is 99.7 Å². The van der Waals surface area contributed by atoms with Gasteiger partial charge in [0.25, 0.3) is 0 Å². The number of hydrogen-bond acceptors (Lipinski definition) is 13. The van der Waals surface area contributed by atoms with Crippen LogP contribution in [-0.4, -0.2) is 135 Å². The number of carbonyl (C=O) groups is 3. The number of unbranched alkanes of at least 4 members (excludes halogenated alkanes) is 5. The standard InChI is InChI=1S/C62H74F2N10O6/c1-6-46-50(63)21-18-40-29-43(75)30-48(53(40)46)55-54(64)56-49(33-66-55)58(73-34-41-19-20-42(35-73)68-41)71-61(70-56)80-45-23-27-72(28-24-45)26-12-10-8-7-9-11-13-52(77)69-57(62(3,4)5)60(79)74-36-44(76)31-51(74)59(78)67-32-38-14-16-39(17-15-38)47-22-25-65-37(47)2/h1,14-18,21,25,29-30,33,41-42,44-45,51,57,68,75-76H,7-13,19-20,22-24,26-28,31-32,34-36H2,2-5H3,(H,67,78)(H,69,77)/t41?,42?,44-,51+,57-/m1/s1. The van der Waals surface area contributed by atoms with Crippen molar-refractivity contribution in [3.05, 3.63) is 88.7 Å². The predicted octanol–water partition coefficient (Wildman–Crippen LogP) is 8.34. The summed E-state index contributed by atoms with van der Waals surface area (Å²) in [4.78, 5) is 65.6. The normalized spacial score (nSPS) is 20.9. The Morgan fingerprint density at radius 2 is 1.66 bits per heavy atom. The summed E-state index contributed by atoms with van der Waals surface area (Å²) in [5.74, 6) is 0.504. The van der Waals surface area contributed by atoms with E-state index in [9.17, 15) is 24.6 Å². The fraction of sp³-hybridized carbons (Fsp3) is 0.500. The third-order valence-electron chi connectivity index (χ3n) is 16.6. The van der Waals surface area contributed by atoms with Crippen molar-refractivity contribution in [1.82, 2.24) is 40.7 Å². The average Bonchev–Trinajstić information content (AvgIpc) is 3.94. The van der Waals surface area contributed by atoms with Crippen molar-refractivity contribution in [2.75, 3.05) is 44.2 Å². The van der Waals surface area contributed by atoms with Crippen molar-refractivity contribution in [2.24, 2.45) is 10.4 Å². The van der Waals surface area contributed by atoms with Gasteiger partial charge < -0.3 is 45.6 Å². The maximum atomic E-state index is 17.1. The number of hydrogen-bond donors (Lipinski definition) is 5. The lowest BCUT2D eigenvalue weighted by Crippen LogP contribution is -2.57. The molecule has 5 aromatic rings. The van der Waals surface area contributed by atoms with E-state index in [1.54, 1.807) is 6.20 Å². The van der Waals surface area contributed by atoms with Gasteiger partial charge in [-0.2, -0.15) is 9.97 Å². The van der Waals surface area contributed by atoms with Crippen LogP contribution in [0.15, 0.2) is 65.4 Å². The molecule has 16 nitrogen and oxygen atoms in total. The lowest BCUT2D eigenvalue weighted by atomic mass is 9.85. The number of carbonyl (C=O) groups excluding carboxylic acids is 3. The molecule has 4 saturated heterocycles. The number of nitrogens with one attached hydrogen (secondary N) is 3. The number of pyridine rings is 1. The summed E-state index contributed by atoms with van der Waals surface area (Å²) in [5, 5.41) is 32.1. The van der Waals surface area contributed by atoms with Gasteiger partial charge in [-0.3, -0.25) is 24.4 Å². The molecule has 0 radical (unpaired) electrons. The summed E-state index contributed by atoms with van der Waals surface area (Å²) in [6.07, 6.45) is 18.7. The number of amides is 3. The van der Waals surface area contributed by atoms with Gasteiger partial charge in [0.2, 0.25) is 17.7 Å². The first-order valence-corrected chi connectivity index (χ1v) is 28.6. The van der Waals surface area contributed by atoms with E-state index in [2.05, 4.69) is 46.6 Å². The molecule has 18 heteroatoms. The number of rotatable bonds is 19. The highest BCUT2D eigenvalue weighted by Gasteiger charge is 2.44.